The summed E-state index contributed by atoms with van der Waals surface area (Å²) >= 11 is 0. The number of nitrogens with one attached hydrogen (secondary N) is 1. The van der Waals surface area contributed by atoms with Crippen molar-refractivity contribution in [1.82, 2.24) is 4.98 Å². The third kappa shape index (κ3) is 2.54. The summed E-state index contributed by atoms with van der Waals surface area (Å²) in [4.78, 5) is 4.39. The molecule has 0 radical (unpaired) electrons. The summed E-state index contributed by atoms with van der Waals surface area (Å²) in [6.07, 6.45) is 3.63. The van der Waals surface area contributed by atoms with Crippen molar-refractivity contribution < 1.29 is 4.74 Å². The van der Waals surface area contributed by atoms with Crippen molar-refractivity contribution in [2.45, 2.75) is 26.2 Å². The number of aromatic nitrogens is 1. The van der Waals surface area contributed by atoms with Crippen LogP contribution >= 0.6 is 0 Å². The fraction of sp³-hybridized carbons (Fsp3) is 0.312. The van der Waals surface area contributed by atoms with Crippen molar-refractivity contribution in [3.05, 3.63) is 41.5 Å². The van der Waals surface area contributed by atoms with Gasteiger partial charge in [-0.15, -0.1) is 0 Å². The Hall–Kier alpha value is -2.23. The van der Waals surface area contributed by atoms with Crippen LogP contribution in [0.2, 0.25) is 0 Å². The van der Waals surface area contributed by atoms with Gasteiger partial charge in [0.2, 0.25) is 5.88 Å². The lowest BCUT2D eigenvalue weighted by Crippen LogP contribution is -2.02. The van der Waals surface area contributed by atoms with Crippen LogP contribution in [0.25, 0.3) is 0 Å². The van der Waals surface area contributed by atoms with E-state index in [4.69, 9.17) is 10.5 Å². The molecule has 0 amide bonds. The zero-order valence-electron chi connectivity index (χ0n) is 11.6. The smallest absolute Gasteiger partial charge is 0.239 e. The molecule has 1 aromatic carbocycles. The van der Waals surface area contributed by atoms with Gasteiger partial charge in [-0.25, -0.2) is 0 Å². The highest BCUT2D eigenvalue weighted by Crippen LogP contribution is 2.27. The van der Waals surface area contributed by atoms with Crippen molar-refractivity contribution in [3.63, 3.8) is 0 Å². The molecule has 1 aliphatic rings. The summed E-state index contributed by atoms with van der Waals surface area (Å²) in [7, 11) is 0. The molecule has 0 fully saturated rings. The Bertz CT molecular complexity index is 625. The molecule has 3 rings (SSSR count). The molecule has 0 spiro atoms. The van der Waals surface area contributed by atoms with Gasteiger partial charge in [-0.1, -0.05) is 6.07 Å². The number of nitrogens with two attached hydrogens (primary N) is 1. The molecule has 0 unspecified atom stereocenters. The maximum atomic E-state index is 5.83. The topological polar surface area (TPSA) is 60.2 Å². The number of benzene rings is 1. The molecule has 104 valence electrons. The van der Waals surface area contributed by atoms with Gasteiger partial charge >= 0.3 is 0 Å². The van der Waals surface area contributed by atoms with Crippen LogP contribution in [0, 0.1) is 0 Å². The van der Waals surface area contributed by atoms with Gasteiger partial charge in [-0.3, -0.25) is 0 Å². The average Bonchev–Trinajstić information content (AvgIpc) is 2.90. The Kier molecular flexibility index (Phi) is 3.46. The first-order valence-corrected chi connectivity index (χ1v) is 7.04. The van der Waals surface area contributed by atoms with Crippen molar-refractivity contribution in [2.24, 2.45) is 0 Å². The lowest BCUT2D eigenvalue weighted by molar-refractivity contribution is 0.329. The summed E-state index contributed by atoms with van der Waals surface area (Å²) in [6, 6.07) is 10.2. The van der Waals surface area contributed by atoms with Gasteiger partial charge in [-0.05, 0) is 61.6 Å². The maximum absolute atomic E-state index is 5.83. The quantitative estimate of drug-likeness (QED) is 0.894. The van der Waals surface area contributed by atoms with Crippen molar-refractivity contribution >= 4 is 17.2 Å². The summed E-state index contributed by atoms with van der Waals surface area (Å²) in [6.45, 7) is 2.47. The number of rotatable bonds is 4. The highest BCUT2D eigenvalue weighted by atomic mass is 16.5. The molecule has 0 aliphatic heterocycles. The molecule has 0 saturated heterocycles. The molecule has 2 aromatic rings. The van der Waals surface area contributed by atoms with Crippen molar-refractivity contribution in [3.8, 4) is 5.88 Å². The Morgan fingerprint density at radius 3 is 2.90 bits per heavy atom. The highest BCUT2D eigenvalue weighted by Gasteiger charge is 2.11. The van der Waals surface area contributed by atoms with E-state index < -0.39 is 0 Å². The molecule has 0 saturated carbocycles. The number of pyridine rings is 1. The van der Waals surface area contributed by atoms with Crippen LogP contribution in [0.1, 0.15) is 24.5 Å². The first-order valence-electron chi connectivity index (χ1n) is 7.04. The van der Waals surface area contributed by atoms with Gasteiger partial charge in [0.15, 0.2) is 0 Å². The van der Waals surface area contributed by atoms with E-state index in [2.05, 4.69) is 28.5 Å². The van der Waals surface area contributed by atoms with E-state index in [1.807, 2.05) is 19.1 Å². The number of nitrogen functional groups attached to an aromatic ring is 1. The summed E-state index contributed by atoms with van der Waals surface area (Å²) < 4.78 is 5.41. The highest BCUT2D eigenvalue weighted by molar-refractivity contribution is 5.62. The second kappa shape index (κ2) is 5.41. The summed E-state index contributed by atoms with van der Waals surface area (Å²) in [5, 5.41) is 3.31. The van der Waals surface area contributed by atoms with Crippen LogP contribution in [0.3, 0.4) is 0 Å². The largest absolute Gasteiger partial charge is 0.476 e. The van der Waals surface area contributed by atoms with E-state index in [1.54, 1.807) is 0 Å². The molecule has 0 atom stereocenters. The second-order valence-corrected chi connectivity index (χ2v) is 4.99. The fourth-order valence-corrected chi connectivity index (χ4v) is 2.57. The van der Waals surface area contributed by atoms with Crippen LogP contribution in [0.15, 0.2) is 30.3 Å². The summed E-state index contributed by atoms with van der Waals surface area (Å²) in [5.41, 5.74) is 10.4. The van der Waals surface area contributed by atoms with Crippen molar-refractivity contribution in [1.29, 1.82) is 0 Å². The molecular formula is C16H19N3O. The molecule has 3 N–H and O–H groups in total. The Balaban J connectivity index is 1.82. The zero-order valence-corrected chi connectivity index (χ0v) is 11.6. The van der Waals surface area contributed by atoms with E-state index in [9.17, 15) is 0 Å². The SMILES string of the molecule is CCOc1nc(Nc2ccc3c(c2)CCC3)ccc1N. The minimum Gasteiger partial charge on any atom is -0.476 e. The lowest BCUT2D eigenvalue weighted by atomic mass is 10.1. The monoisotopic (exact) mass is 269 g/mol. The molecule has 1 aromatic heterocycles. The second-order valence-electron chi connectivity index (χ2n) is 4.99. The molecule has 4 heteroatoms. The normalized spacial score (nSPS) is 13.1. The minimum atomic E-state index is 0.485. The number of aryl methyl sites for hydroxylation is 2. The predicted octanol–water partition coefficient (Wildman–Crippen LogP) is 3.29. The average molecular weight is 269 g/mol. The number of hydrogen-bond donors (Lipinski definition) is 2. The van der Waals surface area contributed by atoms with E-state index in [-0.39, 0.29) is 0 Å². The fourth-order valence-electron chi connectivity index (χ4n) is 2.57. The Morgan fingerprint density at radius 1 is 1.20 bits per heavy atom. The maximum Gasteiger partial charge on any atom is 0.239 e. The molecule has 1 aliphatic carbocycles. The van der Waals surface area contributed by atoms with E-state index >= 15 is 0 Å². The third-order valence-electron chi connectivity index (χ3n) is 3.54. The molecule has 0 bridgehead atoms. The van der Waals surface area contributed by atoms with Crippen LogP contribution in [0.4, 0.5) is 17.2 Å². The van der Waals surface area contributed by atoms with Crippen LogP contribution in [-0.2, 0) is 12.8 Å². The van der Waals surface area contributed by atoms with Gasteiger partial charge in [0.1, 0.15) is 5.82 Å². The van der Waals surface area contributed by atoms with Gasteiger partial charge in [0, 0.05) is 5.69 Å². The van der Waals surface area contributed by atoms with Gasteiger partial charge in [0.25, 0.3) is 0 Å². The van der Waals surface area contributed by atoms with E-state index in [0.717, 1.165) is 11.5 Å². The van der Waals surface area contributed by atoms with Gasteiger partial charge in [-0.2, -0.15) is 4.98 Å². The molecular weight excluding hydrogens is 250 g/mol. The number of fused-ring (bicyclic) bond motifs is 1. The van der Waals surface area contributed by atoms with E-state index in [1.165, 1.54) is 30.4 Å². The first kappa shape index (κ1) is 12.8. The zero-order chi connectivity index (χ0) is 13.9. The number of anilines is 3. The summed E-state index contributed by atoms with van der Waals surface area (Å²) in [5.74, 6) is 1.24. The first-order chi connectivity index (χ1) is 9.76. The van der Waals surface area contributed by atoms with Crippen molar-refractivity contribution in [2.75, 3.05) is 17.7 Å². The number of hydrogen-bond acceptors (Lipinski definition) is 4. The molecule has 4 nitrogen and oxygen atoms in total. The molecule has 1 heterocycles. The predicted molar refractivity (Wildman–Crippen MR) is 81.6 cm³/mol. The number of nitrogens with zero attached hydrogens (tertiary/aromatic N) is 1. The molecule has 20 heavy (non-hydrogen) atoms. The van der Waals surface area contributed by atoms with E-state index in [0.29, 0.717) is 18.2 Å². The van der Waals surface area contributed by atoms with Crippen LogP contribution in [-0.4, -0.2) is 11.6 Å². The Morgan fingerprint density at radius 2 is 2.05 bits per heavy atom. The van der Waals surface area contributed by atoms with Crippen LogP contribution in [0.5, 0.6) is 5.88 Å². The number of ether oxygens (including phenoxy) is 1. The standard InChI is InChI=1S/C16H19N3O/c1-2-20-16-14(17)8-9-15(19-16)18-13-7-6-11-4-3-5-12(11)10-13/h6-10H,2-5,17H2,1H3,(H,18,19). The minimum absolute atomic E-state index is 0.485. The van der Waals surface area contributed by atoms with Gasteiger partial charge < -0.3 is 15.8 Å². The van der Waals surface area contributed by atoms with Gasteiger partial charge in [0.05, 0.1) is 12.3 Å². The third-order valence-corrected chi connectivity index (χ3v) is 3.54. The van der Waals surface area contributed by atoms with Crippen LogP contribution < -0.4 is 15.8 Å². The lowest BCUT2D eigenvalue weighted by Gasteiger charge is -2.11. The Labute approximate surface area is 119 Å².